The molecule has 0 spiro atoms. The van der Waals surface area contributed by atoms with Crippen LogP contribution in [0.2, 0.25) is 15.2 Å². The van der Waals surface area contributed by atoms with Gasteiger partial charge in [-0.1, -0.05) is 64.0 Å². The number of anilines is 2. The van der Waals surface area contributed by atoms with Crippen LogP contribution in [0.15, 0.2) is 128 Å². The van der Waals surface area contributed by atoms with E-state index in [4.69, 9.17) is 51.4 Å². The molecular weight excluding hydrogens is 1230 g/mol. The maximum Gasteiger partial charge on any atom is 1.00 e. The number of methoxy groups -OCH3 is 1. The van der Waals surface area contributed by atoms with Crippen LogP contribution < -0.4 is 68.4 Å². The Balaban J connectivity index is 0. The van der Waals surface area contributed by atoms with Gasteiger partial charge in [0.1, 0.15) is 39.3 Å². The number of carbonyl (C=O) groups is 2. The normalized spacial score (nSPS) is 9.33. The number of fused-ring (bicyclic) bond motifs is 3. The third-order valence-corrected chi connectivity index (χ3v) is 7.99. The molecule has 0 amide bonds. The predicted octanol–water partition coefficient (Wildman–Crippen LogP) is 9.66. The molecule has 0 radical (unpaired) electrons. The number of H-pyrrole nitrogens is 1. The molecule has 0 aliphatic rings. The number of nitrogen functional groups attached to an aromatic ring is 2. The molecule has 30 heteroatoms. The number of aromatic nitrogens is 8. The van der Waals surface area contributed by atoms with Crippen molar-refractivity contribution < 1.29 is 93.4 Å². The van der Waals surface area contributed by atoms with Gasteiger partial charge >= 0.3 is 76.1 Å². The van der Waals surface area contributed by atoms with Crippen molar-refractivity contribution in [2.45, 2.75) is 0 Å². The third kappa shape index (κ3) is 28.3. The molecule has 72 heavy (non-hydrogen) atoms. The first-order chi connectivity index (χ1) is 33.6. The summed E-state index contributed by atoms with van der Waals surface area (Å²) in [6, 6.07) is 21.4. The second kappa shape index (κ2) is 38.4. The molecule has 376 valence electrons. The second-order valence-electron chi connectivity index (χ2n) is 11.6. The maximum atomic E-state index is 10.9. The first kappa shape index (κ1) is 69.9. The van der Waals surface area contributed by atoms with E-state index in [0.29, 0.717) is 43.1 Å². The van der Waals surface area contributed by atoms with Crippen molar-refractivity contribution in [3.63, 3.8) is 0 Å². The molecular formula is C42H37BCl6F3IKN10O7P. The minimum Gasteiger partial charge on any atom is -0.521 e. The van der Waals surface area contributed by atoms with Crippen molar-refractivity contribution in [2.24, 2.45) is 0 Å². The molecule has 0 aliphatic heterocycles. The topological polar surface area (TPSA) is 276 Å². The standard InChI is InChI=1S/C10H7ClN2.C8H4Cl2N2.C8H6N2O2.C7H8N2O2.C6H6N2O2.C2H3.CH3I.BF3.Cl3OP.K/c1-2-7-6-9(11)8-4-3-5-12-10(8)13-7;9-6-4-7(10)12-8-5(6)2-1-3-11-8;11-6-4-7(12)10-8-5(6)2-1-3-9-8;1-11-7(10)5-3-2-4-9-6(5)8;7-5-4(6(9)10)2-1-3-8-5;2*1-2;2-1(3)4;1-5(2,3)4;/h2-6H,1H2;1-4H;1-4H,(H2,9,10,11,12);2-4H,1H3,(H2,8,9);1-3H,(H2,7,8)(H,9,10);1H,2H2;1H3;;;/q;;;;;-1;;;;+1. The molecule has 7 N–H and O–H groups in total. The van der Waals surface area contributed by atoms with Crippen LogP contribution in [0.3, 0.4) is 0 Å². The summed E-state index contributed by atoms with van der Waals surface area (Å²) in [6.07, 6.45) is 9.52. The van der Waals surface area contributed by atoms with Gasteiger partial charge in [0.2, 0.25) is 0 Å². The summed E-state index contributed by atoms with van der Waals surface area (Å²) in [5.74, 6) is -1.31. The average molecular weight is 1270 g/mol. The Morgan fingerprint density at radius 3 is 1.60 bits per heavy atom. The summed E-state index contributed by atoms with van der Waals surface area (Å²) in [5, 5.41) is 18.4. The van der Waals surface area contributed by atoms with E-state index >= 15 is 0 Å². The number of esters is 1. The fraction of sp³-hybridized carbons (Fsp3) is 0.0476. The Morgan fingerprint density at radius 1 is 0.764 bits per heavy atom. The van der Waals surface area contributed by atoms with E-state index in [-0.39, 0.29) is 79.9 Å². The largest absolute Gasteiger partial charge is 1.00 e. The summed E-state index contributed by atoms with van der Waals surface area (Å²) in [4.78, 5) is 64.1. The third-order valence-electron chi connectivity index (χ3n) is 7.17. The summed E-state index contributed by atoms with van der Waals surface area (Å²) >= 11 is 33.6. The molecule has 0 aromatic carbocycles. The number of aromatic hydroxyl groups is 1. The molecule has 0 fully saturated rings. The number of carboxylic acid groups (broad SMARTS) is 1. The van der Waals surface area contributed by atoms with Crippen LogP contribution in [0.1, 0.15) is 26.4 Å². The van der Waals surface area contributed by atoms with E-state index in [1.54, 1.807) is 61.1 Å². The van der Waals surface area contributed by atoms with E-state index in [1.807, 2.05) is 29.2 Å². The van der Waals surface area contributed by atoms with Gasteiger partial charge in [-0.2, -0.15) is 0 Å². The number of aromatic amines is 1. The molecule has 8 aromatic heterocycles. The monoisotopic (exact) mass is 1270 g/mol. The number of hydrogen-bond donors (Lipinski definition) is 5. The molecule has 8 rings (SSSR count). The summed E-state index contributed by atoms with van der Waals surface area (Å²) in [5.41, 5.74) is 13.0. The van der Waals surface area contributed by atoms with Crippen LogP contribution in [-0.2, 0) is 9.30 Å². The fourth-order valence-corrected chi connectivity index (χ4v) is 5.25. The van der Waals surface area contributed by atoms with Gasteiger partial charge in [0.05, 0.1) is 28.2 Å². The Morgan fingerprint density at radius 2 is 1.17 bits per heavy atom. The molecule has 0 unspecified atom stereocenters. The Bertz CT molecular complexity index is 3070. The van der Waals surface area contributed by atoms with Crippen molar-refractivity contribution in [1.29, 1.82) is 0 Å². The molecule has 0 aliphatic carbocycles. The van der Waals surface area contributed by atoms with E-state index < -0.39 is 24.7 Å². The molecule has 0 bridgehead atoms. The average Bonchev–Trinajstić information content (AvgIpc) is 3.33. The molecule has 0 atom stereocenters. The van der Waals surface area contributed by atoms with Crippen molar-refractivity contribution in [3.05, 3.63) is 172 Å². The summed E-state index contributed by atoms with van der Waals surface area (Å²) < 4.78 is 43.0. The number of carboxylic acids is 1. The zero-order valence-corrected chi connectivity index (χ0v) is 48.2. The van der Waals surface area contributed by atoms with Crippen LogP contribution in [0.25, 0.3) is 39.2 Å². The summed E-state index contributed by atoms with van der Waals surface area (Å²) in [6.45, 7) is 10.6. The number of pyridine rings is 8. The van der Waals surface area contributed by atoms with Gasteiger partial charge in [0.25, 0.3) is 5.56 Å². The first-order valence-electron chi connectivity index (χ1n) is 18.5. The Labute approximate surface area is 495 Å². The first-order valence-corrected chi connectivity index (χ1v) is 26.2. The van der Waals surface area contributed by atoms with Gasteiger partial charge in [-0.3, -0.25) is 28.9 Å². The van der Waals surface area contributed by atoms with E-state index in [2.05, 4.69) is 121 Å². The van der Waals surface area contributed by atoms with Crippen LogP contribution in [-0.4, -0.2) is 81.6 Å². The van der Waals surface area contributed by atoms with Gasteiger partial charge < -0.3 is 38.0 Å². The molecule has 17 nitrogen and oxygen atoms in total. The number of nitrogens with one attached hydrogen (secondary N) is 1. The smallest absolute Gasteiger partial charge is 0.521 e. The number of alkyl halides is 1. The van der Waals surface area contributed by atoms with E-state index in [0.717, 1.165) is 22.5 Å². The zero-order valence-electron chi connectivity index (χ0n) is 37.5. The van der Waals surface area contributed by atoms with Gasteiger partial charge in [-0.25, -0.2) is 44.5 Å². The second-order valence-corrected chi connectivity index (χ2v) is 19.5. The zero-order chi connectivity index (χ0) is 54.3. The van der Waals surface area contributed by atoms with Gasteiger partial charge in [-0.15, -0.1) is 0 Å². The van der Waals surface area contributed by atoms with Crippen LogP contribution in [0, 0.1) is 6.58 Å². The van der Waals surface area contributed by atoms with Gasteiger partial charge in [0.15, 0.2) is 11.3 Å². The SMILES string of the molecule is C=Cc1cc(Cl)c2cccnc2n1.CI.COC(=O)c1cccnc1N.Clc1cc(Cl)c2cccnc2n1.FB(F)F.Nc1ncccc1C(=O)O.O=P(Cl)(Cl)Cl.O=c1cc(O)c2cccnc2[nH]1.[CH-]=C.[K+]. The number of carbonyl (C=O) groups excluding carboxylic acids is 1. The van der Waals surface area contributed by atoms with Crippen LogP contribution in [0.5, 0.6) is 5.75 Å². The number of nitrogens with zero attached hydrogens (tertiary/aromatic N) is 7. The summed E-state index contributed by atoms with van der Waals surface area (Å²) in [7, 11) is -2.37. The fourth-order valence-electron chi connectivity index (χ4n) is 4.49. The van der Waals surface area contributed by atoms with E-state index in [1.165, 1.54) is 31.6 Å². The van der Waals surface area contributed by atoms with Crippen molar-refractivity contribution in [2.75, 3.05) is 23.5 Å². The van der Waals surface area contributed by atoms with E-state index in [9.17, 15) is 37.0 Å². The maximum absolute atomic E-state index is 10.9. The van der Waals surface area contributed by atoms with Crippen molar-refractivity contribution in [3.8, 4) is 5.75 Å². The molecule has 0 saturated heterocycles. The quantitative estimate of drug-likeness (QED) is 0.0209. The Hall–Kier alpha value is -4.21. The Kier molecular flexibility index (Phi) is 37.2. The number of aromatic carboxylic acids is 1. The number of nitrogens with two attached hydrogens (primary N) is 2. The van der Waals surface area contributed by atoms with Gasteiger partial charge in [0, 0.05) is 47.8 Å². The minimum atomic E-state index is -3.67. The van der Waals surface area contributed by atoms with Crippen molar-refractivity contribution >= 4 is 167 Å². The van der Waals surface area contributed by atoms with Crippen LogP contribution in [0.4, 0.5) is 24.6 Å². The minimum absolute atomic E-state index is 0. The molecule has 0 saturated carbocycles. The predicted molar refractivity (Wildman–Crippen MR) is 288 cm³/mol. The number of halogens is 10. The number of hydrogen-bond acceptors (Lipinski definition) is 15. The molecule has 8 aromatic rings. The number of ether oxygens (including phenoxy) is 1. The number of rotatable bonds is 3. The van der Waals surface area contributed by atoms with Crippen LogP contribution >= 0.6 is 96.3 Å². The van der Waals surface area contributed by atoms with Crippen molar-refractivity contribution in [1.82, 2.24) is 39.9 Å². The molecule has 8 heterocycles. The van der Waals surface area contributed by atoms with Gasteiger partial charge in [-0.05, 0) is 118 Å².